The van der Waals surface area contributed by atoms with E-state index in [1.165, 1.54) is 0 Å². The Balaban J connectivity index is 2.98. The van der Waals surface area contributed by atoms with E-state index >= 15 is 0 Å². The summed E-state index contributed by atoms with van der Waals surface area (Å²) >= 11 is 1.61. The van der Waals surface area contributed by atoms with E-state index in [0.29, 0.717) is 17.2 Å². The summed E-state index contributed by atoms with van der Waals surface area (Å²) in [7, 11) is 1.56. The van der Waals surface area contributed by atoms with Crippen LogP contribution in [0.25, 0.3) is 0 Å². The highest BCUT2D eigenvalue weighted by Crippen LogP contribution is 2.22. The normalized spacial score (nSPS) is 10.8. The average Bonchev–Trinajstić information content (AvgIpc) is 2.69. The highest BCUT2D eigenvalue weighted by molar-refractivity contribution is 7.99. The average molecular weight is 242 g/mol. The molecule has 1 aromatic rings. The highest BCUT2D eigenvalue weighted by atomic mass is 32.2. The molecule has 5 heteroatoms. The van der Waals surface area contributed by atoms with Crippen molar-refractivity contribution in [3.05, 3.63) is 11.9 Å². The van der Waals surface area contributed by atoms with Crippen LogP contribution in [0.2, 0.25) is 0 Å². The third kappa shape index (κ3) is 2.78. The molecule has 0 aromatic carbocycles. The van der Waals surface area contributed by atoms with E-state index in [-0.39, 0.29) is 11.8 Å². The van der Waals surface area contributed by atoms with Crippen LogP contribution in [0.15, 0.2) is 6.20 Å². The maximum Gasteiger partial charge on any atom is 0.194 e. The van der Waals surface area contributed by atoms with E-state index in [4.69, 9.17) is 4.74 Å². The number of carbonyl (C=O) groups excluding carboxylic acids is 1. The molecule has 0 N–H and O–H groups in total. The van der Waals surface area contributed by atoms with Crippen molar-refractivity contribution in [3.8, 4) is 5.75 Å². The number of ether oxygens (including phenoxy) is 1. The summed E-state index contributed by atoms with van der Waals surface area (Å²) in [5, 5.41) is 4.18. The lowest BCUT2D eigenvalue weighted by Crippen LogP contribution is -2.15. The van der Waals surface area contributed by atoms with Crippen LogP contribution in [-0.2, 0) is 0 Å². The van der Waals surface area contributed by atoms with Gasteiger partial charge in [-0.1, -0.05) is 6.92 Å². The first-order chi connectivity index (χ1) is 7.61. The van der Waals surface area contributed by atoms with Gasteiger partial charge in [-0.25, -0.2) is 0 Å². The monoisotopic (exact) mass is 242 g/mol. The van der Waals surface area contributed by atoms with Crippen LogP contribution >= 0.6 is 11.8 Å². The van der Waals surface area contributed by atoms with Crippen molar-refractivity contribution in [3.63, 3.8) is 0 Å². The number of methoxy groups -OCH3 is 1. The Labute approximate surface area is 100 Å². The molecule has 0 amide bonds. The molecule has 1 rings (SSSR count). The Morgan fingerprint density at radius 1 is 1.62 bits per heavy atom. The Hall–Kier alpha value is -0.970. The second kappa shape index (κ2) is 5.94. The second-order valence-corrected chi connectivity index (χ2v) is 4.93. The second-order valence-electron chi connectivity index (χ2n) is 3.66. The maximum absolute atomic E-state index is 12.0. The number of Topliss-reactive ketones (excluding diaryl/α,β-unsaturated/α-hetero) is 1. The van der Waals surface area contributed by atoms with Crippen molar-refractivity contribution in [2.45, 2.75) is 26.8 Å². The zero-order valence-corrected chi connectivity index (χ0v) is 11.0. The number of rotatable bonds is 6. The molecule has 0 saturated heterocycles. The number of hydrogen-bond donors (Lipinski definition) is 0. The third-order valence-corrected chi connectivity index (χ3v) is 3.05. The van der Waals surface area contributed by atoms with Gasteiger partial charge in [0.2, 0.25) is 0 Å². The molecule has 0 aliphatic carbocycles. The number of carbonyl (C=O) groups is 1. The van der Waals surface area contributed by atoms with E-state index in [9.17, 15) is 4.79 Å². The van der Waals surface area contributed by atoms with Crippen LogP contribution in [0.3, 0.4) is 0 Å². The van der Waals surface area contributed by atoms with E-state index in [2.05, 4.69) is 5.10 Å². The molecule has 0 atom stereocenters. The van der Waals surface area contributed by atoms with E-state index in [1.807, 2.05) is 20.8 Å². The first-order valence-electron chi connectivity index (χ1n) is 5.34. The van der Waals surface area contributed by atoms with E-state index in [0.717, 1.165) is 5.75 Å². The summed E-state index contributed by atoms with van der Waals surface area (Å²) in [5.41, 5.74) is 0.582. The molecule has 0 fully saturated rings. The first-order valence-corrected chi connectivity index (χ1v) is 6.49. The lowest BCUT2D eigenvalue weighted by molar-refractivity contribution is 0.100. The fraction of sp³-hybridized carbons (Fsp3) is 0.636. The van der Waals surface area contributed by atoms with Crippen molar-refractivity contribution in [1.82, 2.24) is 9.78 Å². The van der Waals surface area contributed by atoms with E-state index < -0.39 is 0 Å². The minimum absolute atomic E-state index is 0.0786. The minimum atomic E-state index is 0.0786. The number of hydrogen-bond acceptors (Lipinski definition) is 4. The van der Waals surface area contributed by atoms with Gasteiger partial charge in [-0.3, -0.25) is 9.48 Å². The Bertz CT molecular complexity index is 361. The molecule has 0 bridgehead atoms. The smallest absolute Gasteiger partial charge is 0.194 e. The zero-order valence-electron chi connectivity index (χ0n) is 10.2. The summed E-state index contributed by atoms with van der Waals surface area (Å²) < 4.78 is 6.88. The molecule has 4 nitrogen and oxygen atoms in total. The molecule has 1 aromatic heterocycles. The Morgan fingerprint density at radius 3 is 2.81 bits per heavy atom. The SMILES string of the molecule is CCSCC(=O)c1c(OC)cnn1C(C)C. The summed E-state index contributed by atoms with van der Waals surface area (Å²) in [6, 6.07) is 0.162. The molecule has 0 saturated carbocycles. The molecular formula is C11H18N2O2S. The standard InChI is InChI=1S/C11H18N2O2S/c1-5-16-7-9(14)11-10(15-4)6-12-13(11)8(2)3/h6,8H,5,7H2,1-4H3. The summed E-state index contributed by atoms with van der Waals surface area (Å²) in [6.07, 6.45) is 1.60. The van der Waals surface area contributed by atoms with Crippen molar-refractivity contribution in [2.24, 2.45) is 0 Å². The predicted octanol–water partition coefficient (Wildman–Crippen LogP) is 2.41. The molecule has 0 spiro atoms. The Kier molecular flexibility index (Phi) is 4.86. The largest absolute Gasteiger partial charge is 0.493 e. The molecule has 90 valence electrons. The molecule has 0 aliphatic rings. The van der Waals surface area contributed by atoms with Gasteiger partial charge in [0, 0.05) is 6.04 Å². The maximum atomic E-state index is 12.0. The van der Waals surface area contributed by atoms with Gasteiger partial charge in [0.25, 0.3) is 0 Å². The van der Waals surface area contributed by atoms with Gasteiger partial charge in [0.05, 0.1) is 19.1 Å². The van der Waals surface area contributed by atoms with Gasteiger partial charge in [0.15, 0.2) is 11.5 Å². The fourth-order valence-corrected chi connectivity index (χ4v) is 1.94. The topological polar surface area (TPSA) is 44.1 Å². The van der Waals surface area contributed by atoms with Crippen LogP contribution in [-0.4, -0.2) is 34.2 Å². The van der Waals surface area contributed by atoms with Gasteiger partial charge in [0.1, 0.15) is 5.69 Å². The fourth-order valence-electron chi connectivity index (χ4n) is 1.42. The number of thioether (sulfide) groups is 1. The number of aromatic nitrogens is 2. The summed E-state index contributed by atoms with van der Waals surface area (Å²) in [4.78, 5) is 12.0. The van der Waals surface area contributed by atoms with Gasteiger partial charge in [-0.15, -0.1) is 0 Å². The molecule has 0 aliphatic heterocycles. The van der Waals surface area contributed by atoms with Gasteiger partial charge in [-0.05, 0) is 19.6 Å². The van der Waals surface area contributed by atoms with Gasteiger partial charge < -0.3 is 4.74 Å². The Morgan fingerprint density at radius 2 is 2.31 bits per heavy atom. The lowest BCUT2D eigenvalue weighted by Gasteiger charge is -2.10. The van der Waals surface area contributed by atoms with Crippen LogP contribution in [0.5, 0.6) is 5.75 Å². The molecule has 1 heterocycles. The van der Waals surface area contributed by atoms with Crippen molar-refractivity contribution < 1.29 is 9.53 Å². The van der Waals surface area contributed by atoms with Crippen LogP contribution in [0.4, 0.5) is 0 Å². The summed E-state index contributed by atoms with van der Waals surface area (Å²) in [6.45, 7) is 6.03. The lowest BCUT2D eigenvalue weighted by atomic mass is 10.2. The minimum Gasteiger partial charge on any atom is -0.493 e. The number of ketones is 1. The summed E-state index contributed by atoms with van der Waals surface area (Å²) in [5.74, 6) is 2.06. The molecule has 16 heavy (non-hydrogen) atoms. The first kappa shape index (κ1) is 13.1. The predicted molar refractivity (Wildman–Crippen MR) is 66.5 cm³/mol. The number of nitrogens with zero attached hydrogens (tertiary/aromatic N) is 2. The van der Waals surface area contributed by atoms with Gasteiger partial charge in [-0.2, -0.15) is 16.9 Å². The molecule has 0 radical (unpaired) electrons. The van der Waals surface area contributed by atoms with Crippen LogP contribution < -0.4 is 4.74 Å². The van der Waals surface area contributed by atoms with Crippen LogP contribution in [0, 0.1) is 0 Å². The molecule has 0 unspecified atom stereocenters. The van der Waals surface area contributed by atoms with Crippen molar-refractivity contribution in [2.75, 3.05) is 18.6 Å². The van der Waals surface area contributed by atoms with Crippen molar-refractivity contribution >= 4 is 17.5 Å². The quantitative estimate of drug-likeness (QED) is 0.719. The van der Waals surface area contributed by atoms with E-state index in [1.54, 1.807) is 29.8 Å². The van der Waals surface area contributed by atoms with Gasteiger partial charge >= 0.3 is 0 Å². The van der Waals surface area contributed by atoms with Crippen LogP contribution in [0.1, 0.15) is 37.3 Å². The highest BCUT2D eigenvalue weighted by Gasteiger charge is 2.20. The zero-order chi connectivity index (χ0) is 12.1. The third-order valence-electron chi connectivity index (χ3n) is 2.17. The molecular weight excluding hydrogens is 224 g/mol. The van der Waals surface area contributed by atoms with Crippen molar-refractivity contribution in [1.29, 1.82) is 0 Å².